The minimum Gasteiger partial charge on any atom is -0.328 e. The first-order chi connectivity index (χ1) is 13.2. The summed E-state index contributed by atoms with van der Waals surface area (Å²) in [6.07, 6.45) is 8.76. The van der Waals surface area contributed by atoms with E-state index in [1.807, 2.05) is 0 Å². The van der Waals surface area contributed by atoms with Gasteiger partial charge in [0.1, 0.15) is 0 Å². The van der Waals surface area contributed by atoms with Crippen molar-refractivity contribution in [3.05, 3.63) is 70.8 Å². The highest BCUT2D eigenvalue weighted by Crippen LogP contribution is 2.53. The number of aryl methyl sites for hydroxylation is 1. The Labute approximate surface area is 163 Å². The summed E-state index contributed by atoms with van der Waals surface area (Å²) in [6.45, 7) is 2.17. The molecule has 0 fully saturated rings. The van der Waals surface area contributed by atoms with Crippen molar-refractivity contribution in [3.63, 3.8) is 0 Å². The van der Waals surface area contributed by atoms with Crippen LogP contribution in [0.5, 0.6) is 0 Å². The second-order valence-corrected chi connectivity index (χ2v) is 10.8. The first-order valence-corrected chi connectivity index (χ1v) is 12.2. The maximum absolute atomic E-state index is 6.23. The molecule has 0 saturated carbocycles. The van der Waals surface area contributed by atoms with Gasteiger partial charge in [0, 0.05) is 6.04 Å². The Morgan fingerprint density at radius 2 is 1.56 bits per heavy atom. The predicted molar refractivity (Wildman–Crippen MR) is 119 cm³/mol. The molecular formula is C25H28NP. The van der Waals surface area contributed by atoms with Gasteiger partial charge < -0.3 is 5.73 Å². The number of rotatable bonds is 2. The van der Waals surface area contributed by atoms with Crippen LogP contribution in [0.15, 0.2) is 48.5 Å². The van der Waals surface area contributed by atoms with Crippen LogP contribution in [-0.2, 0) is 25.2 Å². The molecule has 2 heteroatoms. The summed E-state index contributed by atoms with van der Waals surface area (Å²) in [7, 11) is -0.105. The molecule has 0 radical (unpaired) electrons. The van der Waals surface area contributed by atoms with Crippen LogP contribution in [0.1, 0.15) is 42.0 Å². The fraction of sp³-hybridized carbons (Fsp3) is 0.360. The summed E-state index contributed by atoms with van der Waals surface area (Å²) in [4.78, 5) is 0. The average molecular weight is 373 g/mol. The number of nitrogens with two attached hydrogens (primary N) is 1. The summed E-state index contributed by atoms with van der Waals surface area (Å²) >= 11 is 0. The zero-order chi connectivity index (χ0) is 18.4. The maximum atomic E-state index is 6.23. The monoisotopic (exact) mass is 373 g/mol. The van der Waals surface area contributed by atoms with Crippen molar-refractivity contribution in [2.45, 2.75) is 51.0 Å². The summed E-state index contributed by atoms with van der Waals surface area (Å²) in [5, 5.41) is 2.81. The fourth-order valence-electron chi connectivity index (χ4n) is 5.14. The number of hydrogen-bond donors (Lipinski definition) is 1. The van der Waals surface area contributed by atoms with Gasteiger partial charge in [-0.1, -0.05) is 56.5 Å². The van der Waals surface area contributed by atoms with E-state index in [1.54, 1.807) is 27.8 Å². The topological polar surface area (TPSA) is 26.0 Å². The highest BCUT2D eigenvalue weighted by Gasteiger charge is 2.27. The third kappa shape index (κ3) is 3.12. The molecule has 5 rings (SSSR count). The molecule has 2 N–H and O–H groups in total. The van der Waals surface area contributed by atoms with Gasteiger partial charge >= 0.3 is 0 Å². The first-order valence-electron chi connectivity index (χ1n) is 10.3. The van der Waals surface area contributed by atoms with E-state index in [-0.39, 0.29) is 7.92 Å². The molecular weight excluding hydrogens is 345 g/mol. The van der Waals surface area contributed by atoms with Crippen LogP contribution in [0.4, 0.5) is 0 Å². The number of hydrogen-bond acceptors (Lipinski definition) is 1. The van der Waals surface area contributed by atoms with E-state index in [0.29, 0.717) is 6.04 Å². The lowest BCUT2D eigenvalue weighted by Crippen LogP contribution is -2.19. The van der Waals surface area contributed by atoms with Gasteiger partial charge in [-0.3, -0.25) is 0 Å². The van der Waals surface area contributed by atoms with E-state index in [1.165, 1.54) is 54.3 Å². The average Bonchev–Trinajstić information content (AvgIpc) is 2.83. The van der Waals surface area contributed by atoms with Crippen LogP contribution in [0.2, 0.25) is 0 Å². The molecule has 0 saturated heterocycles. The second kappa shape index (κ2) is 7.04. The number of fused-ring (bicyclic) bond motifs is 7. The maximum Gasteiger partial charge on any atom is 0.00499 e. The van der Waals surface area contributed by atoms with Gasteiger partial charge in [-0.15, -0.1) is 0 Å². The van der Waals surface area contributed by atoms with Crippen LogP contribution in [0, 0.1) is 0 Å². The fourth-order valence-corrected chi connectivity index (χ4v) is 7.81. The Balaban J connectivity index is 1.81. The smallest absolute Gasteiger partial charge is 0.00499 e. The van der Waals surface area contributed by atoms with Gasteiger partial charge in [-0.25, -0.2) is 0 Å². The van der Waals surface area contributed by atoms with Crippen molar-refractivity contribution < 1.29 is 0 Å². The van der Waals surface area contributed by atoms with Gasteiger partial charge in [0.25, 0.3) is 0 Å². The Bertz CT molecular complexity index is 1000. The molecule has 3 aromatic rings. The summed E-state index contributed by atoms with van der Waals surface area (Å²) in [5.41, 5.74) is 15.7. The normalized spacial score (nSPS) is 19.7. The molecule has 2 aliphatic rings. The SMILES string of the molecule is C[C@H](N)CP1Cc2ccc3c(c2-c2c(ccc4ccccc24)C1)CCCC3. The van der Waals surface area contributed by atoms with E-state index < -0.39 is 0 Å². The van der Waals surface area contributed by atoms with E-state index in [4.69, 9.17) is 5.73 Å². The zero-order valence-electron chi connectivity index (χ0n) is 16.2. The van der Waals surface area contributed by atoms with E-state index in [2.05, 4.69) is 55.5 Å². The highest BCUT2D eigenvalue weighted by atomic mass is 31.1. The Morgan fingerprint density at radius 1 is 0.852 bits per heavy atom. The van der Waals surface area contributed by atoms with E-state index >= 15 is 0 Å². The predicted octanol–water partition coefficient (Wildman–Crippen LogP) is 6.23. The van der Waals surface area contributed by atoms with Crippen LogP contribution >= 0.6 is 7.92 Å². The van der Waals surface area contributed by atoms with Gasteiger partial charge in [-0.05, 0) is 95.2 Å². The molecule has 0 bridgehead atoms. The lowest BCUT2D eigenvalue weighted by molar-refractivity contribution is 0.686. The molecule has 1 aliphatic heterocycles. The lowest BCUT2D eigenvalue weighted by Gasteiger charge is -2.23. The van der Waals surface area contributed by atoms with Gasteiger partial charge in [0.05, 0.1) is 0 Å². The summed E-state index contributed by atoms with van der Waals surface area (Å²) < 4.78 is 0. The second-order valence-electron chi connectivity index (χ2n) is 8.41. The molecule has 1 heterocycles. The van der Waals surface area contributed by atoms with Gasteiger partial charge in [0.2, 0.25) is 0 Å². The Kier molecular flexibility index (Phi) is 4.54. The quantitative estimate of drug-likeness (QED) is 0.530. The van der Waals surface area contributed by atoms with Crippen molar-refractivity contribution in [1.82, 2.24) is 0 Å². The molecule has 1 unspecified atom stereocenters. The molecule has 1 aliphatic carbocycles. The van der Waals surface area contributed by atoms with Crippen molar-refractivity contribution >= 4 is 18.7 Å². The Hall–Kier alpha value is -1.69. The third-order valence-corrected chi connectivity index (χ3v) is 8.89. The van der Waals surface area contributed by atoms with Crippen LogP contribution in [-0.4, -0.2) is 12.2 Å². The molecule has 27 heavy (non-hydrogen) atoms. The van der Waals surface area contributed by atoms with E-state index in [0.717, 1.165) is 6.16 Å². The zero-order valence-corrected chi connectivity index (χ0v) is 17.1. The molecule has 3 aromatic carbocycles. The molecule has 0 aromatic heterocycles. The summed E-state index contributed by atoms with van der Waals surface area (Å²) in [6, 6.07) is 18.9. The highest BCUT2D eigenvalue weighted by molar-refractivity contribution is 7.56. The largest absolute Gasteiger partial charge is 0.328 e. The third-order valence-electron chi connectivity index (χ3n) is 6.22. The minimum atomic E-state index is -0.105. The number of benzene rings is 3. The molecule has 0 amide bonds. The van der Waals surface area contributed by atoms with Gasteiger partial charge in [-0.2, -0.15) is 0 Å². The van der Waals surface area contributed by atoms with E-state index in [9.17, 15) is 0 Å². The molecule has 0 spiro atoms. The van der Waals surface area contributed by atoms with Crippen LogP contribution in [0.25, 0.3) is 21.9 Å². The first kappa shape index (κ1) is 17.4. The van der Waals surface area contributed by atoms with Crippen LogP contribution < -0.4 is 5.73 Å². The van der Waals surface area contributed by atoms with Gasteiger partial charge in [0.15, 0.2) is 0 Å². The van der Waals surface area contributed by atoms with Crippen molar-refractivity contribution in [3.8, 4) is 11.1 Å². The van der Waals surface area contributed by atoms with Crippen molar-refractivity contribution in [1.29, 1.82) is 0 Å². The van der Waals surface area contributed by atoms with Crippen LogP contribution in [0.3, 0.4) is 0 Å². The standard InChI is InChI=1S/C25H28NP/c1-17(26)14-27-15-20-12-10-18-6-2-4-8-22(18)24(20)25-21(16-27)13-11-19-7-3-5-9-23(19)25/h2,4,6,8,10-13,17H,3,5,7,9,14-16,26H2,1H3/t17-,27?/m0/s1. The van der Waals surface area contributed by atoms with Crippen molar-refractivity contribution in [2.75, 3.05) is 6.16 Å². The Morgan fingerprint density at radius 3 is 2.41 bits per heavy atom. The summed E-state index contributed by atoms with van der Waals surface area (Å²) in [5.74, 6) is 0. The van der Waals surface area contributed by atoms with Crippen molar-refractivity contribution in [2.24, 2.45) is 5.73 Å². The molecule has 2 atom stereocenters. The molecule has 138 valence electrons. The molecule has 1 nitrogen and oxygen atoms in total. The minimum absolute atomic E-state index is 0.105. The lowest BCUT2D eigenvalue weighted by atomic mass is 9.81.